The standard InChI is InChI=1S/C6H8O7.C4H6O6.C4H6O4.C4H4O4/c7-3(8)1-6(13,5(11)12)2-4(9)10;5-1(3(7)8)2(6)4(9)10;2*5-3(6)1-2-4(7)8/h13H,1-2H2,(H,7,8)(H,9,10)(H,11,12);1-2,5-6H,(H,7,8)(H,9,10);1-2H2,(H,5,6)(H,7,8);1-2H,(H,5,6)(H,7,8). The molecule has 0 heterocycles. The van der Waals surface area contributed by atoms with Crippen LogP contribution in [0.3, 0.4) is 0 Å². The predicted molar refractivity (Wildman–Crippen MR) is 113 cm³/mol. The van der Waals surface area contributed by atoms with E-state index in [0.29, 0.717) is 12.2 Å². The molecule has 0 radical (unpaired) electrons. The van der Waals surface area contributed by atoms with Crippen LogP contribution in [0.2, 0.25) is 0 Å². The number of aliphatic hydroxyl groups is 3. The number of hydrogen-bond donors (Lipinski definition) is 12. The molecule has 0 rings (SSSR count). The van der Waals surface area contributed by atoms with Crippen LogP contribution in [0, 0.1) is 0 Å². The van der Waals surface area contributed by atoms with E-state index in [1.165, 1.54) is 0 Å². The van der Waals surface area contributed by atoms with Crippen molar-refractivity contribution in [2.75, 3.05) is 0 Å². The smallest absolute Gasteiger partial charge is 0.336 e. The summed E-state index contributed by atoms with van der Waals surface area (Å²) < 4.78 is 0. The van der Waals surface area contributed by atoms with Crippen LogP contribution in [0.1, 0.15) is 25.7 Å². The van der Waals surface area contributed by atoms with Crippen molar-refractivity contribution in [3.8, 4) is 0 Å². The van der Waals surface area contributed by atoms with Crippen LogP contribution in [0.15, 0.2) is 12.2 Å². The maximum Gasteiger partial charge on any atom is 0.336 e. The highest BCUT2D eigenvalue weighted by molar-refractivity contribution is 5.89. The minimum Gasteiger partial charge on any atom is -0.481 e. The van der Waals surface area contributed by atoms with Crippen LogP contribution in [-0.4, -0.2) is 133 Å². The van der Waals surface area contributed by atoms with Gasteiger partial charge >= 0.3 is 53.7 Å². The molecule has 12 N–H and O–H groups in total. The summed E-state index contributed by atoms with van der Waals surface area (Å²) in [6.07, 6.45) is -6.30. The molecule has 0 amide bonds. The fraction of sp³-hybridized carbons (Fsp3) is 0.389. The van der Waals surface area contributed by atoms with E-state index in [0.717, 1.165) is 0 Å². The zero-order valence-electron chi connectivity index (χ0n) is 19.2. The minimum atomic E-state index is -2.74. The Kier molecular flexibility index (Phi) is 22.1. The van der Waals surface area contributed by atoms with Crippen LogP contribution in [0.4, 0.5) is 0 Å². The highest BCUT2D eigenvalue weighted by Crippen LogP contribution is 2.15. The second kappa shape index (κ2) is 21.0. The largest absolute Gasteiger partial charge is 0.481 e. The first-order valence-corrected chi connectivity index (χ1v) is 9.28. The van der Waals surface area contributed by atoms with E-state index in [-0.39, 0.29) is 12.8 Å². The van der Waals surface area contributed by atoms with Gasteiger partial charge in [-0.15, -0.1) is 0 Å². The number of carboxylic acids is 9. The summed E-state index contributed by atoms with van der Waals surface area (Å²) in [5.74, 6) is -13.2. The fourth-order valence-electron chi connectivity index (χ4n) is 1.34. The topological polar surface area (TPSA) is 396 Å². The van der Waals surface area contributed by atoms with Crippen molar-refractivity contribution in [1.29, 1.82) is 0 Å². The normalized spacial score (nSPS) is 11.4. The summed E-state index contributed by atoms with van der Waals surface area (Å²) in [7, 11) is 0. The number of carboxylic acid groups (broad SMARTS) is 9. The molecule has 2 atom stereocenters. The van der Waals surface area contributed by atoms with E-state index in [1.54, 1.807) is 0 Å². The van der Waals surface area contributed by atoms with Gasteiger partial charge in [0.05, 0.1) is 25.7 Å². The summed E-state index contributed by atoms with van der Waals surface area (Å²) in [6.45, 7) is 0. The monoisotopic (exact) mass is 576 g/mol. The zero-order chi connectivity index (χ0) is 32.1. The Morgan fingerprint density at radius 1 is 0.513 bits per heavy atom. The van der Waals surface area contributed by atoms with Crippen molar-refractivity contribution in [3.63, 3.8) is 0 Å². The van der Waals surface area contributed by atoms with Gasteiger partial charge in [-0.2, -0.15) is 0 Å². The lowest BCUT2D eigenvalue weighted by Gasteiger charge is -2.18. The number of aliphatic hydroxyl groups excluding tert-OH is 2. The summed E-state index contributed by atoms with van der Waals surface area (Å²) in [5.41, 5.74) is -2.74. The molecule has 21 nitrogen and oxygen atoms in total. The first kappa shape index (κ1) is 41.0. The Hall–Kier alpha value is -5.15. The minimum absolute atomic E-state index is 0.296. The molecule has 0 aromatic heterocycles. The summed E-state index contributed by atoms with van der Waals surface area (Å²) >= 11 is 0. The summed E-state index contributed by atoms with van der Waals surface area (Å²) in [6, 6.07) is 0. The first-order valence-electron chi connectivity index (χ1n) is 9.28. The van der Waals surface area contributed by atoms with Gasteiger partial charge in [0, 0.05) is 12.2 Å². The van der Waals surface area contributed by atoms with Crippen molar-refractivity contribution in [3.05, 3.63) is 12.2 Å². The molecule has 0 saturated carbocycles. The Balaban J connectivity index is -0.000000214. The molecule has 21 heteroatoms. The maximum absolute atomic E-state index is 10.3. The number of rotatable bonds is 13. The molecule has 0 fully saturated rings. The van der Waals surface area contributed by atoms with Gasteiger partial charge in [-0.1, -0.05) is 0 Å². The molecule has 0 aliphatic heterocycles. The van der Waals surface area contributed by atoms with Crippen LogP contribution < -0.4 is 0 Å². The van der Waals surface area contributed by atoms with Crippen molar-refractivity contribution in [2.45, 2.75) is 43.5 Å². The van der Waals surface area contributed by atoms with Crippen LogP contribution in [-0.2, 0) is 43.2 Å². The lowest BCUT2D eigenvalue weighted by molar-refractivity contribution is -0.170. The van der Waals surface area contributed by atoms with Gasteiger partial charge in [0.1, 0.15) is 0 Å². The summed E-state index contributed by atoms with van der Waals surface area (Å²) in [5, 5.41) is 97.8. The SMILES string of the molecule is O=C(O)C(O)C(O)C(=O)O.O=C(O)C=CC(=O)O.O=C(O)CC(O)(CC(=O)O)C(=O)O.O=C(O)CCC(=O)O. The third-order valence-corrected chi connectivity index (χ3v) is 3.01. The Morgan fingerprint density at radius 2 is 0.769 bits per heavy atom. The Bertz CT molecular complexity index is 867. The molecule has 0 bridgehead atoms. The molecular formula is C18H24O21. The fourth-order valence-corrected chi connectivity index (χ4v) is 1.34. The van der Waals surface area contributed by atoms with Gasteiger partial charge in [0.15, 0.2) is 17.8 Å². The van der Waals surface area contributed by atoms with E-state index in [2.05, 4.69) is 0 Å². The van der Waals surface area contributed by atoms with E-state index in [1.807, 2.05) is 0 Å². The van der Waals surface area contributed by atoms with Crippen molar-refractivity contribution >= 4 is 53.7 Å². The van der Waals surface area contributed by atoms with Crippen LogP contribution in [0.25, 0.3) is 0 Å². The van der Waals surface area contributed by atoms with Gasteiger partial charge in [-0.05, 0) is 0 Å². The van der Waals surface area contributed by atoms with Gasteiger partial charge in [0.2, 0.25) is 0 Å². The third-order valence-electron chi connectivity index (χ3n) is 3.01. The van der Waals surface area contributed by atoms with Crippen molar-refractivity contribution < 1.29 is 104 Å². The molecule has 222 valence electrons. The molecule has 0 spiro atoms. The molecule has 0 saturated heterocycles. The molecule has 0 aliphatic carbocycles. The van der Waals surface area contributed by atoms with E-state index in [9.17, 15) is 43.2 Å². The Morgan fingerprint density at radius 3 is 0.897 bits per heavy atom. The quantitative estimate of drug-likeness (QED) is 0.0937. The molecule has 0 aromatic carbocycles. The lowest BCUT2D eigenvalue weighted by atomic mass is 9.96. The third kappa shape index (κ3) is 29.0. The second-order valence-corrected chi connectivity index (χ2v) is 6.34. The van der Waals surface area contributed by atoms with Crippen LogP contribution >= 0.6 is 0 Å². The molecule has 0 aliphatic rings. The maximum atomic E-state index is 10.3. The number of aliphatic carboxylic acids is 9. The van der Waals surface area contributed by atoms with Gasteiger partial charge < -0.3 is 61.3 Å². The number of hydrogen-bond acceptors (Lipinski definition) is 12. The van der Waals surface area contributed by atoms with Gasteiger partial charge in [-0.3, -0.25) is 19.2 Å². The highest BCUT2D eigenvalue weighted by Gasteiger charge is 2.40. The predicted octanol–water partition coefficient (Wildman–Crippen LogP) is -3.72. The second-order valence-electron chi connectivity index (χ2n) is 6.34. The van der Waals surface area contributed by atoms with Gasteiger partial charge in [0.25, 0.3) is 0 Å². The highest BCUT2D eigenvalue weighted by atomic mass is 16.4. The first-order chi connectivity index (χ1) is 17.5. The molecule has 39 heavy (non-hydrogen) atoms. The molecule has 2 unspecified atom stereocenters. The van der Waals surface area contributed by atoms with E-state index >= 15 is 0 Å². The molecule has 0 aromatic rings. The Labute approximate surface area is 214 Å². The molecular weight excluding hydrogens is 552 g/mol. The van der Waals surface area contributed by atoms with Gasteiger partial charge in [-0.25, -0.2) is 24.0 Å². The van der Waals surface area contributed by atoms with Crippen molar-refractivity contribution in [1.82, 2.24) is 0 Å². The zero-order valence-corrected chi connectivity index (χ0v) is 19.2. The van der Waals surface area contributed by atoms with Crippen LogP contribution in [0.5, 0.6) is 0 Å². The number of carbonyl (C=O) groups is 9. The average molecular weight is 576 g/mol. The average Bonchev–Trinajstić information content (AvgIpc) is 2.75. The lowest BCUT2D eigenvalue weighted by Crippen LogP contribution is -2.42. The van der Waals surface area contributed by atoms with E-state index < -0.39 is 84.4 Å². The van der Waals surface area contributed by atoms with E-state index in [4.69, 9.17) is 61.3 Å². The summed E-state index contributed by atoms with van der Waals surface area (Å²) in [4.78, 5) is 88.4. The van der Waals surface area contributed by atoms with Crippen molar-refractivity contribution in [2.24, 2.45) is 0 Å².